The van der Waals surface area contributed by atoms with E-state index >= 15 is 0 Å². The Morgan fingerprint density at radius 3 is 2.77 bits per heavy atom. The molecule has 138 valence electrons. The molecule has 1 aliphatic rings. The fraction of sp³-hybridized carbons (Fsp3) is 0.350. The van der Waals surface area contributed by atoms with E-state index in [0.29, 0.717) is 13.0 Å². The fourth-order valence-corrected chi connectivity index (χ4v) is 3.22. The zero-order chi connectivity index (χ0) is 18.5. The normalized spacial score (nSPS) is 20.6. The molecule has 0 spiro atoms. The molecule has 6 heteroatoms. The van der Waals surface area contributed by atoms with E-state index in [0.717, 1.165) is 21.9 Å². The third kappa shape index (κ3) is 4.55. The molecule has 5 nitrogen and oxygen atoms in total. The van der Waals surface area contributed by atoms with Crippen molar-refractivity contribution in [3.8, 4) is 5.75 Å². The van der Waals surface area contributed by atoms with Crippen LogP contribution in [0.25, 0.3) is 0 Å². The number of nitrogens with one attached hydrogen (secondary N) is 3. The van der Waals surface area contributed by atoms with Crippen LogP contribution in [-0.4, -0.2) is 25.6 Å². The SMILES string of the molecule is COc1cccc(C2CC(C(=O)NCC(C)c3ccc(Cl)cc3)NN2)c1. The van der Waals surface area contributed by atoms with Gasteiger partial charge in [0.2, 0.25) is 5.91 Å². The number of hydrogen-bond acceptors (Lipinski definition) is 4. The minimum Gasteiger partial charge on any atom is -0.497 e. The van der Waals surface area contributed by atoms with E-state index in [1.54, 1.807) is 7.11 Å². The highest BCUT2D eigenvalue weighted by Crippen LogP contribution is 2.25. The van der Waals surface area contributed by atoms with Crippen LogP contribution in [0.1, 0.15) is 36.4 Å². The Morgan fingerprint density at radius 1 is 1.27 bits per heavy atom. The molecule has 26 heavy (non-hydrogen) atoms. The Balaban J connectivity index is 1.52. The molecule has 1 fully saturated rings. The van der Waals surface area contributed by atoms with Gasteiger partial charge in [-0.25, -0.2) is 10.9 Å². The van der Waals surface area contributed by atoms with E-state index in [9.17, 15) is 4.79 Å². The Kier molecular flexibility index (Phi) is 6.14. The first-order valence-electron chi connectivity index (χ1n) is 8.75. The van der Waals surface area contributed by atoms with E-state index in [1.165, 1.54) is 0 Å². The summed E-state index contributed by atoms with van der Waals surface area (Å²) in [5.41, 5.74) is 8.55. The smallest absolute Gasteiger partial charge is 0.238 e. The van der Waals surface area contributed by atoms with Gasteiger partial charge in [-0.3, -0.25) is 4.79 Å². The van der Waals surface area contributed by atoms with Gasteiger partial charge in [0.05, 0.1) is 7.11 Å². The van der Waals surface area contributed by atoms with Gasteiger partial charge in [-0.05, 0) is 47.7 Å². The maximum Gasteiger partial charge on any atom is 0.238 e. The summed E-state index contributed by atoms with van der Waals surface area (Å²) in [5.74, 6) is 1.04. The van der Waals surface area contributed by atoms with Crippen LogP contribution in [0.3, 0.4) is 0 Å². The molecule has 0 saturated carbocycles. The van der Waals surface area contributed by atoms with Crippen molar-refractivity contribution in [3.63, 3.8) is 0 Å². The van der Waals surface area contributed by atoms with Crippen LogP contribution in [0.15, 0.2) is 48.5 Å². The Labute approximate surface area is 159 Å². The van der Waals surface area contributed by atoms with Crippen molar-refractivity contribution in [2.75, 3.05) is 13.7 Å². The van der Waals surface area contributed by atoms with Gasteiger partial charge in [-0.2, -0.15) is 0 Å². The second kappa shape index (κ2) is 8.54. The van der Waals surface area contributed by atoms with Gasteiger partial charge in [-0.15, -0.1) is 0 Å². The zero-order valence-electron chi connectivity index (χ0n) is 15.0. The lowest BCUT2D eigenvalue weighted by Crippen LogP contribution is -2.44. The first-order valence-corrected chi connectivity index (χ1v) is 9.13. The van der Waals surface area contributed by atoms with Gasteiger partial charge >= 0.3 is 0 Å². The number of carbonyl (C=O) groups excluding carboxylic acids is 1. The summed E-state index contributed by atoms with van der Waals surface area (Å²) >= 11 is 5.92. The molecule has 0 aromatic heterocycles. The van der Waals surface area contributed by atoms with Crippen molar-refractivity contribution in [2.45, 2.75) is 31.3 Å². The summed E-state index contributed by atoms with van der Waals surface area (Å²) in [5, 5.41) is 3.75. The molecule has 3 rings (SSSR count). The number of halogens is 1. The number of benzene rings is 2. The highest BCUT2D eigenvalue weighted by Gasteiger charge is 2.30. The molecule has 0 bridgehead atoms. The largest absolute Gasteiger partial charge is 0.497 e. The van der Waals surface area contributed by atoms with Crippen molar-refractivity contribution in [1.82, 2.24) is 16.2 Å². The van der Waals surface area contributed by atoms with Gasteiger partial charge in [0.1, 0.15) is 11.8 Å². The predicted octanol–water partition coefficient (Wildman–Crippen LogP) is 3.18. The molecule has 1 amide bonds. The molecule has 0 radical (unpaired) electrons. The summed E-state index contributed by atoms with van der Waals surface area (Å²) in [6.07, 6.45) is 0.689. The third-order valence-electron chi connectivity index (χ3n) is 4.74. The van der Waals surface area contributed by atoms with Crippen molar-refractivity contribution < 1.29 is 9.53 Å². The van der Waals surface area contributed by atoms with Crippen molar-refractivity contribution in [1.29, 1.82) is 0 Å². The molecular weight excluding hydrogens is 350 g/mol. The molecule has 3 atom stereocenters. The number of carbonyl (C=O) groups is 1. The predicted molar refractivity (Wildman–Crippen MR) is 103 cm³/mol. The molecule has 3 unspecified atom stereocenters. The summed E-state index contributed by atoms with van der Waals surface area (Å²) in [7, 11) is 1.65. The van der Waals surface area contributed by atoms with Gasteiger partial charge < -0.3 is 10.1 Å². The van der Waals surface area contributed by atoms with Crippen LogP contribution in [0, 0.1) is 0 Å². The summed E-state index contributed by atoms with van der Waals surface area (Å²) in [6, 6.07) is 15.4. The number of hydrogen-bond donors (Lipinski definition) is 3. The van der Waals surface area contributed by atoms with E-state index < -0.39 is 0 Å². The summed E-state index contributed by atoms with van der Waals surface area (Å²) in [6.45, 7) is 2.67. The van der Waals surface area contributed by atoms with Gasteiger partial charge in [0.25, 0.3) is 0 Å². The van der Waals surface area contributed by atoms with Gasteiger partial charge in [0.15, 0.2) is 0 Å². The average Bonchev–Trinajstić information content (AvgIpc) is 3.17. The number of ether oxygens (including phenoxy) is 1. The molecule has 2 aromatic carbocycles. The van der Waals surface area contributed by atoms with Crippen LogP contribution < -0.4 is 20.9 Å². The monoisotopic (exact) mass is 373 g/mol. The fourth-order valence-electron chi connectivity index (χ4n) is 3.09. The quantitative estimate of drug-likeness (QED) is 0.727. The minimum atomic E-state index is -0.261. The maximum atomic E-state index is 12.5. The van der Waals surface area contributed by atoms with Gasteiger partial charge in [0, 0.05) is 17.6 Å². The number of amides is 1. The molecule has 2 aromatic rings. The molecule has 1 saturated heterocycles. The highest BCUT2D eigenvalue weighted by molar-refractivity contribution is 6.30. The first-order chi connectivity index (χ1) is 12.6. The molecule has 3 N–H and O–H groups in total. The molecule has 1 aliphatic heterocycles. The number of hydrazine groups is 1. The zero-order valence-corrected chi connectivity index (χ0v) is 15.7. The lowest BCUT2D eigenvalue weighted by molar-refractivity contribution is -0.122. The highest BCUT2D eigenvalue weighted by atomic mass is 35.5. The van der Waals surface area contributed by atoms with Crippen LogP contribution in [0.2, 0.25) is 5.02 Å². The Hall–Kier alpha value is -2.08. The lowest BCUT2D eigenvalue weighted by Gasteiger charge is -2.15. The van der Waals surface area contributed by atoms with E-state index in [2.05, 4.69) is 23.1 Å². The molecule has 0 aliphatic carbocycles. The van der Waals surface area contributed by atoms with Crippen LogP contribution >= 0.6 is 11.6 Å². The number of methoxy groups -OCH3 is 1. The molecular formula is C20H24ClN3O2. The van der Waals surface area contributed by atoms with Crippen LogP contribution in [-0.2, 0) is 4.79 Å². The number of rotatable bonds is 6. The Morgan fingerprint density at radius 2 is 2.04 bits per heavy atom. The van der Waals surface area contributed by atoms with Crippen LogP contribution in [0.4, 0.5) is 0 Å². The summed E-state index contributed by atoms with van der Waals surface area (Å²) in [4.78, 5) is 12.5. The standard InChI is InChI=1S/C20H24ClN3O2/c1-13(14-6-8-16(21)9-7-14)12-22-20(25)19-11-18(23-24-19)15-4-3-5-17(10-15)26-2/h3-10,13,18-19,23-24H,11-12H2,1-2H3,(H,22,25). The maximum absolute atomic E-state index is 12.5. The first kappa shape index (κ1) is 18.7. The summed E-state index contributed by atoms with van der Waals surface area (Å²) < 4.78 is 5.27. The van der Waals surface area contributed by atoms with Crippen molar-refractivity contribution >= 4 is 17.5 Å². The lowest BCUT2D eigenvalue weighted by atomic mass is 10.00. The van der Waals surface area contributed by atoms with Gasteiger partial charge in [-0.1, -0.05) is 42.8 Å². The van der Waals surface area contributed by atoms with Crippen molar-refractivity contribution in [3.05, 3.63) is 64.7 Å². The minimum absolute atomic E-state index is 0.00343. The van der Waals surface area contributed by atoms with E-state index in [1.807, 2.05) is 48.5 Å². The van der Waals surface area contributed by atoms with E-state index in [4.69, 9.17) is 16.3 Å². The second-order valence-corrected chi connectivity index (χ2v) is 7.04. The second-order valence-electron chi connectivity index (χ2n) is 6.60. The van der Waals surface area contributed by atoms with Crippen molar-refractivity contribution in [2.24, 2.45) is 0 Å². The van der Waals surface area contributed by atoms with Crippen LogP contribution in [0.5, 0.6) is 5.75 Å². The topological polar surface area (TPSA) is 62.4 Å². The Bertz CT molecular complexity index is 751. The van der Waals surface area contributed by atoms with E-state index in [-0.39, 0.29) is 23.9 Å². The third-order valence-corrected chi connectivity index (χ3v) is 4.99. The average molecular weight is 374 g/mol. The molecule has 1 heterocycles.